The lowest BCUT2D eigenvalue weighted by molar-refractivity contribution is 0.466. The van der Waals surface area contributed by atoms with Crippen LogP contribution in [0.1, 0.15) is 17.2 Å². The van der Waals surface area contributed by atoms with E-state index in [0.717, 1.165) is 27.8 Å². The zero-order valence-corrected chi connectivity index (χ0v) is 13.0. The molecule has 1 atom stereocenters. The second kappa shape index (κ2) is 6.08. The predicted molar refractivity (Wildman–Crippen MR) is 96.1 cm³/mol. The van der Waals surface area contributed by atoms with Crippen LogP contribution in [0.5, 0.6) is 5.75 Å². The molecule has 0 amide bonds. The van der Waals surface area contributed by atoms with Crippen molar-refractivity contribution in [3.05, 3.63) is 90.3 Å². The van der Waals surface area contributed by atoms with Crippen molar-refractivity contribution in [2.75, 3.05) is 5.32 Å². The Bertz CT molecular complexity index is 963. The van der Waals surface area contributed by atoms with Crippen LogP contribution in [0.4, 0.5) is 5.82 Å². The molecule has 24 heavy (non-hydrogen) atoms. The molecular weight excluding hydrogens is 298 g/mol. The van der Waals surface area contributed by atoms with E-state index >= 15 is 0 Å². The number of nitrogens with one attached hydrogen (secondary N) is 2. The average Bonchev–Trinajstić information content (AvgIpc) is 3.05. The molecule has 0 saturated heterocycles. The quantitative estimate of drug-likeness (QED) is 0.521. The zero-order valence-electron chi connectivity index (χ0n) is 13.0. The number of hydrogen-bond donors (Lipinski definition) is 3. The van der Waals surface area contributed by atoms with Crippen molar-refractivity contribution in [3.8, 4) is 5.75 Å². The molecule has 118 valence electrons. The molecule has 0 bridgehead atoms. The van der Waals surface area contributed by atoms with Crippen molar-refractivity contribution >= 4 is 16.7 Å². The Labute approximate surface area is 139 Å². The molecule has 4 aromatic rings. The number of aromatic hydroxyl groups is 1. The molecule has 2 heterocycles. The van der Waals surface area contributed by atoms with Crippen LogP contribution < -0.4 is 5.32 Å². The minimum atomic E-state index is -0.211. The van der Waals surface area contributed by atoms with E-state index in [0.29, 0.717) is 0 Å². The third-order valence-electron chi connectivity index (χ3n) is 4.14. The van der Waals surface area contributed by atoms with Gasteiger partial charge in [0.1, 0.15) is 11.6 Å². The van der Waals surface area contributed by atoms with Gasteiger partial charge in [-0.3, -0.25) is 0 Å². The van der Waals surface area contributed by atoms with Crippen molar-refractivity contribution in [1.29, 1.82) is 0 Å². The number of benzene rings is 2. The summed E-state index contributed by atoms with van der Waals surface area (Å²) in [4.78, 5) is 7.66. The minimum Gasteiger partial charge on any atom is -0.508 e. The summed E-state index contributed by atoms with van der Waals surface area (Å²) < 4.78 is 0. The number of nitrogens with zero attached hydrogens (tertiary/aromatic N) is 1. The summed E-state index contributed by atoms with van der Waals surface area (Å²) >= 11 is 0. The summed E-state index contributed by atoms with van der Waals surface area (Å²) in [5, 5.41) is 14.9. The minimum absolute atomic E-state index is 0.211. The van der Waals surface area contributed by atoms with Gasteiger partial charge in [0.15, 0.2) is 0 Å². The van der Waals surface area contributed by atoms with Crippen molar-refractivity contribution in [2.24, 2.45) is 0 Å². The van der Waals surface area contributed by atoms with Crippen molar-refractivity contribution in [2.45, 2.75) is 6.04 Å². The topological polar surface area (TPSA) is 60.9 Å². The number of para-hydroxylation sites is 2. The first-order valence-electron chi connectivity index (χ1n) is 7.84. The first kappa shape index (κ1) is 14.3. The number of phenols is 1. The van der Waals surface area contributed by atoms with Crippen molar-refractivity contribution in [3.63, 3.8) is 0 Å². The second-order valence-corrected chi connectivity index (χ2v) is 5.64. The van der Waals surface area contributed by atoms with Crippen molar-refractivity contribution in [1.82, 2.24) is 9.97 Å². The van der Waals surface area contributed by atoms with Gasteiger partial charge < -0.3 is 15.4 Å². The van der Waals surface area contributed by atoms with Crippen LogP contribution in [0.25, 0.3) is 10.9 Å². The van der Waals surface area contributed by atoms with E-state index in [9.17, 15) is 5.11 Å². The van der Waals surface area contributed by atoms with Gasteiger partial charge in [0.2, 0.25) is 0 Å². The highest BCUT2D eigenvalue weighted by Crippen LogP contribution is 2.35. The Morgan fingerprint density at radius 1 is 0.875 bits per heavy atom. The van der Waals surface area contributed by atoms with Gasteiger partial charge in [-0.1, -0.05) is 42.5 Å². The van der Waals surface area contributed by atoms with Gasteiger partial charge in [-0.2, -0.15) is 0 Å². The Kier molecular flexibility index (Phi) is 3.63. The van der Waals surface area contributed by atoms with Crippen LogP contribution in [0.3, 0.4) is 0 Å². The van der Waals surface area contributed by atoms with E-state index in [1.807, 2.05) is 60.8 Å². The lowest BCUT2D eigenvalue weighted by atomic mass is 9.97. The molecule has 4 heteroatoms. The van der Waals surface area contributed by atoms with E-state index in [2.05, 4.69) is 21.4 Å². The highest BCUT2D eigenvalue weighted by molar-refractivity contribution is 5.84. The van der Waals surface area contributed by atoms with Crippen LogP contribution in [-0.4, -0.2) is 15.1 Å². The van der Waals surface area contributed by atoms with E-state index < -0.39 is 0 Å². The van der Waals surface area contributed by atoms with Crippen LogP contribution >= 0.6 is 0 Å². The Balaban J connectivity index is 1.86. The number of H-pyrrole nitrogens is 1. The molecule has 0 spiro atoms. The molecule has 0 fully saturated rings. The summed E-state index contributed by atoms with van der Waals surface area (Å²) in [7, 11) is 0. The number of phenolic OH excluding ortho intramolecular Hbond substituents is 1. The second-order valence-electron chi connectivity index (χ2n) is 5.64. The largest absolute Gasteiger partial charge is 0.508 e. The van der Waals surface area contributed by atoms with E-state index in [1.54, 1.807) is 12.3 Å². The SMILES string of the molecule is Oc1ccccc1[C@@H](Nc1ccccn1)c1c[nH]c2ccccc12. The first-order chi connectivity index (χ1) is 11.8. The van der Waals surface area contributed by atoms with Gasteiger partial charge in [0.05, 0.1) is 6.04 Å². The standard InChI is InChI=1S/C20H17N3O/c24-18-10-4-2-8-15(18)20(23-19-11-5-6-12-21-19)16-13-22-17-9-3-1-7-14(16)17/h1-13,20,22,24H,(H,21,23)/t20-/m1/s1. The summed E-state index contributed by atoms with van der Waals surface area (Å²) in [5.41, 5.74) is 2.95. The fourth-order valence-electron chi connectivity index (χ4n) is 2.98. The smallest absolute Gasteiger partial charge is 0.126 e. The van der Waals surface area contributed by atoms with Gasteiger partial charge >= 0.3 is 0 Å². The van der Waals surface area contributed by atoms with E-state index in [1.165, 1.54) is 0 Å². The average molecular weight is 315 g/mol. The van der Waals surface area contributed by atoms with Gasteiger partial charge in [-0.15, -0.1) is 0 Å². The van der Waals surface area contributed by atoms with Crippen molar-refractivity contribution < 1.29 is 5.11 Å². The molecule has 2 aromatic carbocycles. The number of hydrogen-bond acceptors (Lipinski definition) is 3. The summed E-state index contributed by atoms with van der Waals surface area (Å²) in [6.07, 6.45) is 3.73. The van der Waals surface area contributed by atoms with Crippen LogP contribution in [0, 0.1) is 0 Å². The lowest BCUT2D eigenvalue weighted by Crippen LogP contribution is -2.13. The Hall–Kier alpha value is -3.27. The van der Waals surface area contributed by atoms with Gasteiger partial charge in [0, 0.05) is 34.4 Å². The summed E-state index contributed by atoms with van der Waals surface area (Å²) in [6, 6.07) is 21.1. The first-order valence-corrected chi connectivity index (χ1v) is 7.84. The molecule has 0 aliphatic heterocycles. The Morgan fingerprint density at radius 2 is 1.67 bits per heavy atom. The molecule has 4 rings (SSSR count). The summed E-state index contributed by atoms with van der Waals surface area (Å²) in [5.74, 6) is 1.02. The Morgan fingerprint density at radius 3 is 2.50 bits per heavy atom. The number of aromatic nitrogens is 2. The molecule has 2 aromatic heterocycles. The lowest BCUT2D eigenvalue weighted by Gasteiger charge is -2.20. The monoisotopic (exact) mass is 315 g/mol. The highest BCUT2D eigenvalue weighted by atomic mass is 16.3. The molecule has 0 aliphatic rings. The van der Waals surface area contributed by atoms with Crippen LogP contribution in [0.15, 0.2) is 79.1 Å². The third-order valence-corrected chi connectivity index (χ3v) is 4.14. The number of pyridine rings is 1. The van der Waals surface area contributed by atoms with Gasteiger partial charge in [-0.25, -0.2) is 4.98 Å². The fourth-order valence-corrected chi connectivity index (χ4v) is 2.98. The highest BCUT2D eigenvalue weighted by Gasteiger charge is 2.20. The number of fused-ring (bicyclic) bond motifs is 1. The third kappa shape index (κ3) is 2.58. The van der Waals surface area contributed by atoms with E-state index in [-0.39, 0.29) is 11.8 Å². The fraction of sp³-hybridized carbons (Fsp3) is 0.0500. The molecule has 3 N–H and O–H groups in total. The molecular formula is C20H17N3O. The number of aromatic amines is 1. The molecule has 0 radical (unpaired) electrons. The molecule has 0 aliphatic carbocycles. The maximum atomic E-state index is 10.4. The summed E-state index contributed by atoms with van der Waals surface area (Å²) in [6.45, 7) is 0. The van der Waals surface area contributed by atoms with Gasteiger partial charge in [0.25, 0.3) is 0 Å². The zero-order chi connectivity index (χ0) is 16.4. The maximum absolute atomic E-state index is 10.4. The number of anilines is 1. The predicted octanol–water partition coefficient (Wildman–Crippen LogP) is 4.47. The van der Waals surface area contributed by atoms with Gasteiger partial charge in [-0.05, 0) is 24.3 Å². The van der Waals surface area contributed by atoms with Crippen LogP contribution in [-0.2, 0) is 0 Å². The number of rotatable bonds is 4. The van der Waals surface area contributed by atoms with E-state index in [4.69, 9.17) is 0 Å². The van der Waals surface area contributed by atoms with Crippen LogP contribution in [0.2, 0.25) is 0 Å². The molecule has 0 saturated carbocycles. The molecule has 0 unspecified atom stereocenters. The normalized spacial score (nSPS) is 12.2. The maximum Gasteiger partial charge on any atom is 0.126 e. The molecule has 4 nitrogen and oxygen atoms in total.